The molecule has 3 heterocycles. The maximum atomic E-state index is 15.0. The van der Waals surface area contributed by atoms with Gasteiger partial charge in [0.25, 0.3) is 5.91 Å². The average Bonchev–Trinajstić information content (AvgIpc) is 3.54. The Morgan fingerprint density at radius 2 is 1.94 bits per heavy atom. The minimum atomic E-state index is -0.822. The number of aromatic nitrogens is 3. The van der Waals surface area contributed by atoms with E-state index >= 15 is 4.39 Å². The Morgan fingerprint density at radius 3 is 2.67 bits per heavy atom. The van der Waals surface area contributed by atoms with Gasteiger partial charge in [-0.15, -0.1) is 0 Å². The summed E-state index contributed by atoms with van der Waals surface area (Å²) in [6.07, 6.45) is 0.319. The Balaban J connectivity index is 1.44. The van der Waals surface area contributed by atoms with E-state index < -0.39 is 30.0 Å². The van der Waals surface area contributed by atoms with Gasteiger partial charge in [0.15, 0.2) is 6.10 Å². The summed E-state index contributed by atoms with van der Waals surface area (Å²) in [7, 11) is 0. The first kappa shape index (κ1) is 23.2. The molecule has 2 aromatic heterocycles. The lowest BCUT2D eigenvalue weighted by Gasteiger charge is -2.22. The van der Waals surface area contributed by atoms with Gasteiger partial charge >= 0.3 is 6.16 Å². The minimum Gasteiger partial charge on any atom is -0.430 e. The molecule has 182 valence electrons. The summed E-state index contributed by atoms with van der Waals surface area (Å²) in [6, 6.07) is 16.1. The highest BCUT2D eigenvalue weighted by Crippen LogP contribution is 2.29. The molecular weight excluding hydrogens is 470 g/mol. The van der Waals surface area contributed by atoms with Crippen molar-refractivity contribution in [3.63, 3.8) is 0 Å². The van der Waals surface area contributed by atoms with Crippen LogP contribution in [0.2, 0.25) is 0 Å². The highest BCUT2D eigenvalue weighted by molar-refractivity contribution is 6.01. The summed E-state index contributed by atoms with van der Waals surface area (Å²) in [5.41, 5.74) is 2.10. The van der Waals surface area contributed by atoms with Crippen LogP contribution in [0.25, 0.3) is 22.5 Å². The second-order valence-corrected chi connectivity index (χ2v) is 8.16. The number of amides is 1. The molecule has 10 heteroatoms. The zero-order valence-corrected chi connectivity index (χ0v) is 18.8. The smallest absolute Gasteiger partial charge is 0.430 e. The van der Waals surface area contributed by atoms with Crippen molar-refractivity contribution < 1.29 is 27.8 Å². The second-order valence-electron chi connectivity index (χ2n) is 8.16. The number of carbonyl (C=O) groups is 2. The van der Waals surface area contributed by atoms with E-state index in [2.05, 4.69) is 20.5 Å². The van der Waals surface area contributed by atoms with Crippen LogP contribution in [-0.2, 0) is 15.9 Å². The largest absolute Gasteiger partial charge is 0.508 e. The van der Waals surface area contributed by atoms with Crippen LogP contribution in [0.5, 0.6) is 0 Å². The number of rotatable bonds is 7. The maximum Gasteiger partial charge on any atom is 0.508 e. The van der Waals surface area contributed by atoms with E-state index in [1.54, 1.807) is 42.6 Å². The van der Waals surface area contributed by atoms with E-state index in [0.29, 0.717) is 17.0 Å². The summed E-state index contributed by atoms with van der Waals surface area (Å²) < 4.78 is 38.4. The van der Waals surface area contributed by atoms with Gasteiger partial charge in [0, 0.05) is 29.4 Å². The van der Waals surface area contributed by atoms with Crippen LogP contribution in [-0.4, -0.2) is 46.0 Å². The fourth-order valence-electron chi connectivity index (χ4n) is 4.01. The van der Waals surface area contributed by atoms with Gasteiger partial charge in [-0.05, 0) is 54.6 Å². The molecule has 8 nitrogen and oxygen atoms in total. The molecule has 1 fully saturated rings. The Kier molecular flexibility index (Phi) is 6.40. The lowest BCUT2D eigenvalue weighted by Crippen LogP contribution is -2.46. The van der Waals surface area contributed by atoms with Crippen molar-refractivity contribution in [2.75, 3.05) is 6.61 Å². The highest BCUT2D eigenvalue weighted by Gasteiger charge is 2.35. The quantitative estimate of drug-likeness (QED) is 0.375. The number of hydrogen-bond acceptors (Lipinski definition) is 6. The number of ether oxygens (including phenoxy) is 2. The van der Waals surface area contributed by atoms with E-state index in [1.165, 1.54) is 30.3 Å². The van der Waals surface area contributed by atoms with E-state index in [0.717, 1.165) is 0 Å². The third-order valence-electron chi connectivity index (χ3n) is 5.78. The monoisotopic (exact) mass is 490 g/mol. The third-order valence-corrected chi connectivity index (χ3v) is 5.78. The zero-order valence-electron chi connectivity index (χ0n) is 18.8. The fourth-order valence-corrected chi connectivity index (χ4v) is 4.01. The normalized spacial score (nSPS) is 15.7. The summed E-state index contributed by atoms with van der Waals surface area (Å²) in [4.78, 5) is 29.2. The molecule has 0 aliphatic carbocycles. The first-order valence-electron chi connectivity index (χ1n) is 11.1. The van der Waals surface area contributed by atoms with Crippen LogP contribution in [0.1, 0.15) is 16.1 Å². The van der Waals surface area contributed by atoms with Gasteiger partial charge < -0.3 is 14.8 Å². The van der Waals surface area contributed by atoms with Gasteiger partial charge in [0.05, 0.1) is 23.0 Å². The Bertz CT molecular complexity index is 1390. The maximum absolute atomic E-state index is 15.0. The summed E-state index contributed by atoms with van der Waals surface area (Å²) in [5, 5.41) is 9.80. The van der Waals surface area contributed by atoms with Gasteiger partial charge in [-0.25, -0.2) is 13.6 Å². The predicted octanol–water partition coefficient (Wildman–Crippen LogP) is 4.29. The molecule has 0 saturated carbocycles. The Morgan fingerprint density at radius 1 is 1.11 bits per heavy atom. The number of benzene rings is 2. The number of cyclic esters (lactones) is 2. The number of halogens is 2. The van der Waals surface area contributed by atoms with E-state index in [1.807, 2.05) is 0 Å². The van der Waals surface area contributed by atoms with E-state index in [4.69, 9.17) is 9.47 Å². The van der Waals surface area contributed by atoms with Crippen molar-refractivity contribution in [1.29, 1.82) is 0 Å². The first-order chi connectivity index (χ1) is 17.5. The number of H-pyrrole nitrogens is 1. The number of aromatic amines is 1. The molecule has 1 saturated heterocycles. The van der Waals surface area contributed by atoms with Crippen LogP contribution < -0.4 is 5.32 Å². The van der Waals surface area contributed by atoms with Crippen molar-refractivity contribution in [2.45, 2.75) is 18.6 Å². The van der Waals surface area contributed by atoms with Crippen LogP contribution in [0, 0.1) is 11.6 Å². The Hall–Kier alpha value is -4.60. The molecule has 36 heavy (non-hydrogen) atoms. The standard InChI is InChI=1S/C26H20F2N4O4/c27-16-9-7-15(8-10-16)20-13-22(32-31-20)24-18(5-3-6-19(24)28)25(33)30-21(23-14-35-26(34)36-23)12-17-4-1-2-11-29-17/h1-11,13,21,23H,12,14H2,(H,30,33)(H,31,32)/t21-,23-/m1/s1. The molecule has 1 aliphatic heterocycles. The van der Waals surface area contributed by atoms with Crippen LogP contribution in [0.15, 0.2) is 72.9 Å². The molecule has 1 amide bonds. The number of hydrogen-bond donors (Lipinski definition) is 2. The molecular formula is C26H20F2N4O4. The van der Waals surface area contributed by atoms with Crippen LogP contribution >= 0.6 is 0 Å². The Labute approximate surface area is 204 Å². The molecule has 0 bridgehead atoms. The summed E-state index contributed by atoms with van der Waals surface area (Å²) in [6.45, 7) is -0.0335. The number of pyridine rings is 1. The molecule has 2 atom stereocenters. The molecule has 1 aliphatic rings. The first-order valence-corrected chi connectivity index (χ1v) is 11.1. The van der Waals surface area contributed by atoms with Gasteiger partial charge in [-0.1, -0.05) is 12.1 Å². The molecule has 0 radical (unpaired) electrons. The molecule has 0 unspecified atom stereocenters. The van der Waals surface area contributed by atoms with Crippen LogP contribution in [0.4, 0.5) is 13.6 Å². The van der Waals surface area contributed by atoms with Gasteiger partial charge in [-0.2, -0.15) is 5.10 Å². The predicted molar refractivity (Wildman–Crippen MR) is 125 cm³/mol. The molecule has 2 aromatic carbocycles. The zero-order chi connectivity index (χ0) is 25.1. The molecule has 2 N–H and O–H groups in total. The van der Waals surface area contributed by atoms with Crippen molar-refractivity contribution in [1.82, 2.24) is 20.5 Å². The number of nitrogens with one attached hydrogen (secondary N) is 2. The van der Waals surface area contributed by atoms with Crippen molar-refractivity contribution >= 4 is 12.1 Å². The van der Waals surface area contributed by atoms with E-state index in [-0.39, 0.29) is 35.7 Å². The lowest BCUT2D eigenvalue weighted by atomic mass is 10.00. The summed E-state index contributed by atoms with van der Waals surface area (Å²) in [5.74, 6) is -1.60. The fraction of sp³-hybridized carbons (Fsp3) is 0.154. The third kappa shape index (κ3) is 4.92. The van der Waals surface area contributed by atoms with Crippen molar-refractivity contribution in [2.24, 2.45) is 0 Å². The molecule has 0 spiro atoms. The van der Waals surface area contributed by atoms with Crippen LogP contribution in [0.3, 0.4) is 0 Å². The summed E-state index contributed by atoms with van der Waals surface area (Å²) >= 11 is 0. The number of nitrogens with zero attached hydrogens (tertiary/aromatic N) is 2. The van der Waals surface area contributed by atoms with Crippen molar-refractivity contribution in [3.05, 3.63) is 95.8 Å². The molecule has 5 rings (SSSR count). The van der Waals surface area contributed by atoms with Crippen molar-refractivity contribution in [3.8, 4) is 22.5 Å². The van der Waals surface area contributed by atoms with Gasteiger partial charge in [0.1, 0.15) is 18.2 Å². The average molecular weight is 490 g/mol. The van der Waals surface area contributed by atoms with Gasteiger partial charge in [-0.3, -0.25) is 14.9 Å². The SMILES string of the molecule is O=C1OC[C@H]([C@@H](Cc2ccccn2)NC(=O)c2cccc(F)c2-c2cc(-c3ccc(F)cc3)n[nH]2)O1. The van der Waals surface area contributed by atoms with E-state index in [9.17, 15) is 14.0 Å². The highest BCUT2D eigenvalue weighted by atomic mass is 19.1. The minimum absolute atomic E-state index is 0.0205. The lowest BCUT2D eigenvalue weighted by molar-refractivity contribution is 0.0832. The number of carbonyl (C=O) groups excluding carboxylic acids is 2. The van der Waals surface area contributed by atoms with Gasteiger partial charge in [0.2, 0.25) is 0 Å². The topological polar surface area (TPSA) is 106 Å². The second kappa shape index (κ2) is 9.95. The molecule has 4 aromatic rings.